The number of nitrogens with one attached hydrogen (secondary N) is 1. The molecule has 0 aromatic carbocycles. The molecule has 1 aromatic heterocycles. The van der Waals surface area contributed by atoms with E-state index in [1.807, 2.05) is 6.92 Å². The number of hydrogen-bond acceptors (Lipinski definition) is 5. The highest BCUT2D eigenvalue weighted by Crippen LogP contribution is 2.22. The quantitative estimate of drug-likeness (QED) is 0.837. The van der Waals surface area contributed by atoms with Crippen LogP contribution in [0, 0.1) is 6.92 Å². The van der Waals surface area contributed by atoms with E-state index in [9.17, 15) is 8.42 Å². The molecule has 1 aliphatic rings. The van der Waals surface area contributed by atoms with Crippen LogP contribution in [0.1, 0.15) is 24.9 Å². The Labute approximate surface area is 106 Å². The van der Waals surface area contributed by atoms with E-state index in [2.05, 4.69) is 4.72 Å². The third-order valence-corrected chi connectivity index (χ3v) is 4.65. The molecule has 0 radical (unpaired) electrons. The number of aliphatic hydroxyl groups excluding tert-OH is 1. The second-order valence-electron chi connectivity index (χ2n) is 4.38. The summed E-state index contributed by atoms with van der Waals surface area (Å²) in [7, 11) is -3.63. The Kier molecular flexibility index (Phi) is 3.76. The van der Waals surface area contributed by atoms with Crippen molar-refractivity contribution in [1.82, 2.24) is 4.72 Å². The molecule has 0 bridgehead atoms. The van der Waals surface area contributed by atoms with Crippen LogP contribution < -0.4 is 4.72 Å². The van der Waals surface area contributed by atoms with Gasteiger partial charge in [-0.05, 0) is 20.3 Å². The van der Waals surface area contributed by atoms with E-state index in [4.69, 9.17) is 14.3 Å². The van der Waals surface area contributed by atoms with Crippen molar-refractivity contribution in [3.63, 3.8) is 0 Å². The first-order valence-corrected chi connectivity index (χ1v) is 7.26. The molecule has 1 aromatic rings. The summed E-state index contributed by atoms with van der Waals surface area (Å²) >= 11 is 0. The fraction of sp³-hybridized carbons (Fsp3) is 0.636. The molecule has 2 rings (SSSR count). The van der Waals surface area contributed by atoms with E-state index in [-0.39, 0.29) is 35.2 Å². The number of aliphatic hydroxyl groups is 1. The molecule has 1 aliphatic heterocycles. The number of sulfonamides is 1. The highest BCUT2D eigenvalue weighted by atomic mass is 32.2. The van der Waals surface area contributed by atoms with Crippen LogP contribution in [0.15, 0.2) is 15.4 Å². The standard InChI is InChI=1S/C11H17NO5S/c1-7-10(3-4-16-7)12-18(14,15)11-5-9(6-13)17-8(11)2/h5,7,10,12-13H,3-4,6H2,1-2H3. The highest BCUT2D eigenvalue weighted by molar-refractivity contribution is 7.89. The van der Waals surface area contributed by atoms with E-state index < -0.39 is 10.0 Å². The Balaban J connectivity index is 2.22. The van der Waals surface area contributed by atoms with Crippen molar-refractivity contribution in [2.45, 2.75) is 43.9 Å². The third-order valence-electron chi connectivity index (χ3n) is 3.05. The summed E-state index contributed by atoms with van der Waals surface area (Å²) in [6.45, 7) is 3.63. The van der Waals surface area contributed by atoms with Crippen LogP contribution >= 0.6 is 0 Å². The smallest absolute Gasteiger partial charge is 0.244 e. The zero-order valence-corrected chi connectivity index (χ0v) is 11.2. The van der Waals surface area contributed by atoms with Crippen molar-refractivity contribution < 1.29 is 22.7 Å². The van der Waals surface area contributed by atoms with Gasteiger partial charge in [0, 0.05) is 12.7 Å². The first kappa shape index (κ1) is 13.5. The highest BCUT2D eigenvalue weighted by Gasteiger charge is 2.31. The molecule has 1 saturated heterocycles. The van der Waals surface area contributed by atoms with Gasteiger partial charge < -0.3 is 14.3 Å². The topological polar surface area (TPSA) is 88.8 Å². The lowest BCUT2D eigenvalue weighted by atomic mass is 10.2. The van der Waals surface area contributed by atoms with Crippen molar-refractivity contribution in [2.75, 3.05) is 6.61 Å². The zero-order valence-electron chi connectivity index (χ0n) is 10.3. The number of ether oxygens (including phenoxy) is 1. The molecule has 102 valence electrons. The first-order valence-electron chi connectivity index (χ1n) is 5.78. The predicted octanol–water partition coefficient (Wildman–Crippen LogP) is 0.536. The van der Waals surface area contributed by atoms with E-state index in [0.29, 0.717) is 13.0 Å². The van der Waals surface area contributed by atoms with Crippen LogP contribution in [-0.4, -0.2) is 32.3 Å². The zero-order chi connectivity index (χ0) is 13.3. The molecular formula is C11H17NO5S. The van der Waals surface area contributed by atoms with Gasteiger partial charge in [0.05, 0.1) is 12.1 Å². The Hall–Kier alpha value is -0.890. The molecule has 0 saturated carbocycles. The minimum Gasteiger partial charge on any atom is -0.462 e. The lowest BCUT2D eigenvalue weighted by Gasteiger charge is -2.15. The van der Waals surface area contributed by atoms with Gasteiger partial charge in [-0.3, -0.25) is 0 Å². The Morgan fingerprint density at radius 1 is 1.56 bits per heavy atom. The molecule has 18 heavy (non-hydrogen) atoms. The van der Waals surface area contributed by atoms with E-state index in [1.165, 1.54) is 6.07 Å². The van der Waals surface area contributed by atoms with Crippen LogP contribution in [0.25, 0.3) is 0 Å². The SMILES string of the molecule is Cc1oc(CO)cc1S(=O)(=O)NC1CCOC1C. The minimum atomic E-state index is -3.63. The second-order valence-corrected chi connectivity index (χ2v) is 6.07. The van der Waals surface area contributed by atoms with Crippen LogP contribution in [-0.2, 0) is 21.4 Å². The average Bonchev–Trinajstić information content (AvgIpc) is 2.86. The lowest BCUT2D eigenvalue weighted by molar-refractivity contribution is 0.117. The van der Waals surface area contributed by atoms with Crippen molar-refractivity contribution in [3.8, 4) is 0 Å². The Bertz CT molecular complexity index is 522. The molecule has 7 heteroatoms. The van der Waals surface area contributed by atoms with Crippen molar-refractivity contribution in [3.05, 3.63) is 17.6 Å². The minimum absolute atomic E-state index is 0.0747. The molecule has 0 spiro atoms. The van der Waals surface area contributed by atoms with Crippen LogP contribution in [0.3, 0.4) is 0 Å². The maximum atomic E-state index is 12.2. The number of hydrogen-bond donors (Lipinski definition) is 2. The van der Waals surface area contributed by atoms with Crippen molar-refractivity contribution >= 4 is 10.0 Å². The average molecular weight is 275 g/mol. The van der Waals surface area contributed by atoms with Crippen molar-refractivity contribution in [1.29, 1.82) is 0 Å². The molecule has 1 fully saturated rings. The van der Waals surface area contributed by atoms with E-state index in [1.54, 1.807) is 6.92 Å². The van der Waals surface area contributed by atoms with Gasteiger partial charge in [-0.2, -0.15) is 0 Å². The first-order chi connectivity index (χ1) is 8.44. The number of rotatable bonds is 4. The second kappa shape index (κ2) is 5.00. The van der Waals surface area contributed by atoms with Crippen LogP contribution in [0.2, 0.25) is 0 Å². The largest absolute Gasteiger partial charge is 0.462 e. The van der Waals surface area contributed by atoms with Crippen LogP contribution in [0.4, 0.5) is 0 Å². The van der Waals surface area contributed by atoms with Gasteiger partial charge in [0.2, 0.25) is 10.0 Å². The van der Waals surface area contributed by atoms with Gasteiger partial charge in [-0.25, -0.2) is 13.1 Å². The monoisotopic (exact) mass is 275 g/mol. The summed E-state index contributed by atoms with van der Waals surface area (Å²) in [5.74, 6) is 0.515. The molecule has 2 N–H and O–H groups in total. The summed E-state index contributed by atoms with van der Waals surface area (Å²) in [6, 6.07) is 1.12. The normalized spacial score (nSPS) is 24.6. The maximum Gasteiger partial charge on any atom is 0.244 e. The van der Waals surface area contributed by atoms with E-state index in [0.717, 1.165) is 0 Å². The summed E-state index contributed by atoms with van der Waals surface area (Å²) in [6.07, 6.45) is 0.522. The molecule has 0 amide bonds. The molecule has 2 heterocycles. The Morgan fingerprint density at radius 2 is 2.28 bits per heavy atom. The summed E-state index contributed by atoms with van der Waals surface area (Å²) in [5.41, 5.74) is 0. The number of furan rings is 1. The van der Waals surface area contributed by atoms with Gasteiger partial charge in [-0.1, -0.05) is 0 Å². The summed E-state index contributed by atoms with van der Waals surface area (Å²) < 4.78 is 37.4. The van der Waals surface area contributed by atoms with Gasteiger partial charge >= 0.3 is 0 Å². The molecule has 2 unspecified atom stereocenters. The predicted molar refractivity (Wildman–Crippen MR) is 63.5 cm³/mol. The molecule has 0 aliphatic carbocycles. The maximum absolute atomic E-state index is 12.2. The molecule has 6 nitrogen and oxygen atoms in total. The fourth-order valence-electron chi connectivity index (χ4n) is 2.02. The summed E-state index contributed by atoms with van der Waals surface area (Å²) in [5, 5.41) is 8.94. The van der Waals surface area contributed by atoms with Gasteiger partial charge in [0.25, 0.3) is 0 Å². The van der Waals surface area contributed by atoms with Crippen LogP contribution in [0.5, 0.6) is 0 Å². The number of aryl methyl sites for hydroxylation is 1. The third kappa shape index (κ3) is 2.59. The molecular weight excluding hydrogens is 258 g/mol. The van der Waals surface area contributed by atoms with Gasteiger partial charge in [0.15, 0.2) is 0 Å². The van der Waals surface area contributed by atoms with E-state index >= 15 is 0 Å². The molecule has 2 atom stereocenters. The Morgan fingerprint density at radius 3 is 2.78 bits per heavy atom. The van der Waals surface area contributed by atoms with Gasteiger partial charge in [0.1, 0.15) is 23.0 Å². The fourth-order valence-corrected chi connectivity index (χ4v) is 3.56. The summed E-state index contributed by atoms with van der Waals surface area (Å²) in [4.78, 5) is 0.0747. The lowest BCUT2D eigenvalue weighted by Crippen LogP contribution is -2.39. The van der Waals surface area contributed by atoms with Crippen molar-refractivity contribution in [2.24, 2.45) is 0 Å². The van der Waals surface area contributed by atoms with Gasteiger partial charge in [-0.15, -0.1) is 0 Å².